The molecule has 0 aromatic heterocycles. The molecule has 2 N–H and O–H groups in total. The van der Waals surface area contributed by atoms with Crippen LogP contribution in [0, 0.1) is 12.7 Å². The summed E-state index contributed by atoms with van der Waals surface area (Å²) in [5.41, 5.74) is 2.50. The van der Waals surface area contributed by atoms with Gasteiger partial charge >= 0.3 is 5.97 Å². The quantitative estimate of drug-likeness (QED) is 0.546. The van der Waals surface area contributed by atoms with Crippen molar-refractivity contribution in [2.75, 3.05) is 18.6 Å². The predicted molar refractivity (Wildman–Crippen MR) is 116 cm³/mol. The standard InChI is InChI=1S/C22H23FN2O4S/c1-5-29-18-10-14(7-9-17(18)26)20-19(21(27)28-4)13(3)25(22(30)24-20)15-8-6-12(2)16(23)11-15/h6-11,20,26H,5H2,1-4H3,(H,24,30). The maximum absolute atomic E-state index is 14.2. The lowest BCUT2D eigenvalue weighted by Gasteiger charge is -2.37. The van der Waals surface area contributed by atoms with Gasteiger partial charge < -0.3 is 19.9 Å². The Kier molecular flexibility index (Phi) is 6.26. The number of thiocarbonyl (C=S) groups is 1. The van der Waals surface area contributed by atoms with Crippen LogP contribution in [0.2, 0.25) is 0 Å². The highest BCUT2D eigenvalue weighted by atomic mass is 32.1. The lowest BCUT2D eigenvalue weighted by Crippen LogP contribution is -2.48. The largest absolute Gasteiger partial charge is 0.504 e. The minimum absolute atomic E-state index is 0.00365. The monoisotopic (exact) mass is 430 g/mol. The number of allylic oxidation sites excluding steroid dienone is 1. The summed E-state index contributed by atoms with van der Waals surface area (Å²) in [6, 6.07) is 8.95. The molecule has 1 atom stereocenters. The van der Waals surface area contributed by atoms with Crippen LogP contribution in [0.4, 0.5) is 10.1 Å². The summed E-state index contributed by atoms with van der Waals surface area (Å²) in [6.07, 6.45) is 0. The number of esters is 1. The van der Waals surface area contributed by atoms with Crippen molar-refractivity contribution in [3.63, 3.8) is 0 Å². The third-order valence-electron chi connectivity index (χ3n) is 4.92. The van der Waals surface area contributed by atoms with E-state index in [1.807, 2.05) is 6.92 Å². The van der Waals surface area contributed by atoms with Gasteiger partial charge in [-0.15, -0.1) is 0 Å². The average molecular weight is 431 g/mol. The Morgan fingerprint density at radius 2 is 2.00 bits per heavy atom. The van der Waals surface area contributed by atoms with E-state index in [0.717, 1.165) is 0 Å². The summed E-state index contributed by atoms with van der Waals surface area (Å²) in [5.74, 6) is -0.621. The normalized spacial score (nSPS) is 16.4. The fourth-order valence-electron chi connectivity index (χ4n) is 3.38. The number of phenolic OH excluding ortho intramolecular Hbond substituents is 1. The molecule has 2 aromatic rings. The van der Waals surface area contributed by atoms with Crippen molar-refractivity contribution in [1.82, 2.24) is 5.32 Å². The van der Waals surface area contributed by atoms with E-state index in [9.17, 15) is 14.3 Å². The third kappa shape index (κ3) is 3.95. The topological polar surface area (TPSA) is 71.0 Å². The molecular weight excluding hydrogens is 407 g/mol. The number of nitrogens with zero attached hydrogens (tertiary/aromatic N) is 1. The van der Waals surface area contributed by atoms with E-state index in [4.69, 9.17) is 21.7 Å². The number of phenols is 1. The Hall–Kier alpha value is -3.13. The molecular formula is C22H23FN2O4S. The van der Waals surface area contributed by atoms with E-state index in [2.05, 4.69) is 5.32 Å². The molecule has 1 unspecified atom stereocenters. The van der Waals surface area contributed by atoms with Crippen molar-refractivity contribution in [2.24, 2.45) is 0 Å². The number of hydrogen-bond acceptors (Lipinski definition) is 5. The number of aromatic hydroxyl groups is 1. The van der Waals surface area contributed by atoms with Gasteiger partial charge in [0.05, 0.1) is 31.0 Å². The van der Waals surface area contributed by atoms with Crippen LogP contribution in [-0.4, -0.2) is 29.9 Å². The maximum atomic E-state index is 14.2. The molecule has 0 saturated heterocycles. The summed E-state index contributed by atoms with van der Waals surface area (Å²) in [7, 11) is 1.30. The Balaban J connectivity index is 2.14. The van der Waals surface area contributed by atoms with Crippen molar-refractivity contribution in [3.8, 4) is 11.5 Å². The Morgan fingerprint density at radius 3 is 2.63 bits per heavy atom. The molecule has 0 aliphatic carbocycles. The summed E-state index contributed by atoms with van der Waals surface area (Å²) in [6.45, 7) is 5.58. The van der Waals surface area contributed by atoms with Gasteiger partial charge in [0, 0.05) is 5.70 Å². The number of carbonyl (C=O) groups is 1. The van der Waals surface area contributed by atoms with Gasteiger partial charge in [-0.1, -0.05) is 12.1 Å². The molecule has 0 spiro atoms. The van der Waals surface area contributed by atoms with Crippen molar-refractivity contribution in [1.29, 1.82) is 0 Å². The van der Waals surface area contributed by atoms with Gasteiger partial charge in [-0.25, -0.2) is 9.18 Å². The fourth-order valence-corrected chi connectivity index (χ4v) is 3.74. The van der Waals surface area contributed by atoms with Crippen LogP contribution in [0.25, 0.3) is 0 Å². The number of hydrogen-bond donors (Lipinski definition) is 2. The smallest absolute Gasteiger partial charge is 0.337 e. The molecule has 1 aliphatic rings. The van der Waals surface area contributed by atoms with Crippen LogP contribution in [0.15, 0.2) is 47.7 Å². The first-order chi connectivity index (χ1) is 14.3. The zero-order chi connectivity index (χ0) is 22.0. The van der Waals surface area contributed by atoms with E-state index in [1.165, 1.54) is 19.2 Å². The number of halogens is 1. The van der Waals surface area contributed by atoms with E-state index >= 15 is 0 Å². The Morgan fingerprint density at radius 1 is 1.27 bits per heavy atom. The molecule has 8 heteroatoms. The van der Waals surface area contributed by atoms with Crippen molar-refractivity contribution < 1.29 is 23.8 Å². The molecule has 6 nitrogen and oxygen atoms in total. The Bertz CT molecular complexity index is 1040. The SMILES string of the molecule is CCOc1cc(C2NC(=S)N(c3ccc(C)c(F)c3)C(C)=C2C(=O)OC)ccc1O. The molecule has 0 amide bonds. The van der Waals surface area contributed by atoms with Crippen LogP contribution in [0.5, 0.6) is 11.5 Å². The fraction of sp³-hybridized carbons (Fsp3) is 0.273. The van der Waals surface area contributed by atoms with Crippen molar-refractivity contribution in [2.45, 2.75) is 26.8 Å². The first-order valence-electron chi connectivity index (χ1n) is 9.40. The zero-order valence-electron chi connectivity index (χ0n) is 17.2. The van der Waals surface area contributed by atoms with Crippen molar-refractivity contribution >= 4 is 29.0 Å². The Labute approximate surface area is 179 Å². The van der Waals surface area contributed by atoms with Crippen molar-refractivity contribution in [3.05, 3.63) is 64.6 Å². The molecule has 3 rings (SSSR count). The highest BCUT2D eigenvalue weighted by molar-refractivity contribution is 7.80. The molecule has 0 saturated carbocycles. The number of nitrogens with one attached hydrogen (secondary N) is 1. The number of rotatable bonds is 5. The van der Waals surface area contributed by atoms with Crippen LogP contribution in [-0.2, 0) is 9.53 Å². The lowest BCUT2D eigenvalue weighted by molar-refractivity contribution is -0.136. The number of aryl methyl sites for hydroxylation is 1. The number of methoxy groups -OCH3 is 1. The van der Waals surface area contributed by atoms with Crippen LogP contribution in [0.3, 0.4) is 0 Å². The van der Waals surface area contributed by atoms with Gasteiger partial charge in [-0.3, -0.25) is 4.90 Å². The molecule has 1 heterocycles. The predicted octanol–water partition coefficient (Wildman–Crippen LogP) is 4.12. The minimum atomic E-state index is -0.628. The minimum Gasteiger partial charge on any atom is -0.504 e. The highest BCUT2D eigenvalue weighted by Gasteiger charge is 2.35. The van der Waals surface area contributed by atoms with Gasteiger partial charge in [0.1, 0.15) is 5.82 Å². The molecule has 0 fully saturated rings. The highest BCUT2D eigenvalue weighted by Crippen LogP contribution is 2.37. The van der Waals surface area contributed by atoms with E-state index in [-0.39, 0.29) is 11.6 Å². The molecule has 30 heavy (non-hydrogen) atoms. The van der Waals surface area contributed by atoms with Crippen LogP contribution < -0.4 is 15.0 Å². The summed E-state index contributed by atoms with van der Waals surface area (Å²) < 4.78 is 24.6. The molecule has 2 aromatic carbocycles. The maximum Gasteiger partial charge on any atom is 0.337 e. The van der Waals surface area contributed by atoms with Gasteiger partial charge in [0.2, 0.25) is 0 Å². The van der Waals surface area contributed by atoms with Gasteiger partial charge in [-0.05, 0) is 68.4 Å². The second-order valence-electron chi connectivity index (χ2n) is 6.80. The number of anilines is 1. The lowest BCUT2D eigenvalue weighted by atomic mass is 9.94. The number of benzene rings is 2. The molecule has 158 valence electrons. The summed E-state index contributed by atoms with van der Waals surface area (Å²) >= 11 is 5.55. The van der Waals surface area contributed by atoms with Gasteiger partial charge in [0.15, 0.2) is 16.6 Å². The number of carbonyl (C=O) groups excluding carboxylic acids is 1. The summed E-state index contributed by atoms with van der Waals surface area (Å²) in [4.78, 5) is 14.3. The van der Waals surface area contributed by atoms with Gasteiger partial charge in [-0.2, -0.15) is 0 Å². The van der Waals surface area contributed by atoms with E-state index in [0.29, 0.717) is 45.6 Å². The second-order valence-corrected chi connectivity index (χ2v) is 7.19. The average Bonchev–Trinajstić information content (AvgIpc) is 2.71. The van der Waals surface area contributed by atoms with E-state index < -0.39 is 12.0 Å². The van der Waals surface area contributed by atoms with Crippen LogP contribution in [0.1, 0.15) is 31.0 Å². The molecule has 0 radical (unpaired) electrons. The summed E-state index contributed by atoms with van der Waals surface area (Å²) in [5, 5.41) is 13.5. The number of ether oxygens (including phenoxy) is 2. The third-order valence-corrected chi connectivity index (χ3v) is 5.22. The first kappa shape index (κ1) is 21.6. The van der Waals surface area contributed by atoms with Gasteiger partial charge in [0.25, 0.3) is 0 Å². The van der Waals surface area contributed by atoms with E-state index in [1.54, 1.807) is 43.0 Å². The zero-order valence-corrected chi connectivity index (χ0v) is 18.0. The van der Waals surface area contributed by atoms with Crippen LogP contribution >= 0.6 is 12.2 Å². The molecule has 0 bridgehead atoms. The second kappa shape index (κ2) is 8.71. The molecule has 1 aliphatic heterocycles. The first-order valence-corrected chi connectivity index (χ1v) is 9.80.